The van der Waals surface area contributed by atoms with Gasteiger partial charge in [-0.15, -0.1) is 0 Å². The molecule has 0 saturated carbocycles. The third-order valence-electron chi connectivity index (χ3n) is 3.73. The standard InChI is InChI=1S/C16H21F2N3O2/c1-10(2)16(4,9-19)21-14(22)8-20-12-6-5-7-13(11(12)3)23-15(17)18/h5-7,10,15,20H,8H2,1-4H3,(H,21,22)/t16-/m0/s1. The van der Waals surface area contributed by atoms with Crippen LogP contribution in [0.25, 0.3) is 0 Å². The van der Waals surface area contributed by atoms with Crippen LogP contribution < -0.4 is 15.4 Å². The maximum Gasteiger partial charge on any atom is 0.387 e. The lowest BCUT2D eigenvalue weighted by Crippen LogP contribution is -2.50. The molecule has 1 aromatic carbocycles. The van der Waals surface area contributed by atoms with Crippen molar-refractivity contribution in [1.82, 2.24) is 5.32 Å². The molecule has 0 bridgehead atoms. The van der Waals surface area contributed by atoms with E-state index in [-0.39, 0.29) is 24.1 Å². The number of carbonyl (C=O) groups is 1. The summed E-state index contributed by atoms with van der Waals surface area (Å²) in [5, 5.41) is 14.7. The van der Waals surface area contributed by atoms with Crippen LogP contribution in [0.3, 0.4) is 0 Å². The van der Waals surface area contributed by atoms with Crippen LogP contribution >= 0.6 is 0 Å². The van der Waals surface area contributed by atoms with Crippen LogP contribution in [0.15, 0.2) is 18.2 Å². The molecular formula is C16H21F2N3O2. The lowest BCUT2D eigenvalue weighted by Gasteiger charge is -2.27. The molecule has 23 heavy (non-hydrogen) atoms. The van der Waals surface area contributed by atoms with E-state index < -0.39 is 12.2 Å². The Kier molecular flexibility index (Phi) is 6.31. The predicted octanol–water partition coefficient (Wildman–Crippen LogP) is 3.06. The van der Waals surface area contributed by atoms with Gasteiger partial charge in [-0.05, 0) is 31.9 Å². The SMILES string of the molecule is Cc1c(NCC(=O)N[C@@](C)(C#N)C(C)C)cccc1OC(F)F. The molecular weight excluding hydrogens is 304 g/mol. The normalized spacial score (nSPS) is 13.3. The van der Waals surface area contributed by atoms with Crippen LogP contribution in [0.2, 0.25) is 0 Å². The zero-order valence-corrected chi connectivity index (χ0v) is 13.6. The molecule has 1 aromatic rings. The van der Waals surface area contributed by atoms with Gasteiger partial charge in [0.25, 0.3) is 0 Å². The highest BCUT2D eigenvalue weighted by atomic mass is 19.3. The fraction of sp³-hybridized carbons (Fsp3) is 0.500. The number of alkyl halides is 2. The minimum absolute atomic E-state index is 0.0504. The van der Waals surface area contributed by atoms with Gasteiger partial charge in [0.1, 0.15) is 11.3 Å². The van der Waals surface area contributed by atoms with Crippen molar-refractivity contribution in [1.29, 1.82) is 5.26 Å². The first-order chi connectivity index (χ1) is 10.7. The maximum absolute atomic E-state index is 12.3. The average Bonchev–Trinajstić information content (AvgIpc) is 2.47. The molecule has 0 unspecified atom stereocenters. The summed E-state index contributed by atoms with van der Waals surface area (Å²) in [6.45, 7) is 3.96. The van der Waals surface area contributed by atoms with Crippen molar-refractivity contribution >= 4 is 11.6 Å². The number of hydrogen-bond donors (Lipinski definition) is 2. The first kappa shape index (κ1) is 18.7. The number of ether oxygens (including phenoxy) is 1. The average molecular weight is 325 g/mol. The topological polar surface area (TPSA) is 74.2 Å². The van der Waals surface area contributed by atoms with E-state index >= 15 is 0 Å². The number of nitriles is 1. The van der Waals surface area contributed by atoms with Gasteiger partial charge in [0, 0.05) is 11.3 Å². The second kappa shape index (κ2) is 7.77. The minimum Gasteiger partial charge on any atom is -0.434 e. The molecule has 7 heteroatoms. The number of anilines is 1. The molecule has 2 N–H and O–H groups in total. The zero-order chi connectivity index (χ0) is 17.6. The van der Waals surface area contributed by atoms with Gasteiger partial charge in [-0.25, -0.2) is 0 Å². The number of carbonyl (C=O) groups excluding carboxylic acids is 1. The van der Waals surface area contributed by atoms with E-state index in [4.69, 9.17) is 0 Å². The Morgan fingerprint density at radius 3 is 2.61 bits per heavy atom. The molecule has 0 aliphatic heterocycles. The summed E-state index contributed by atoms with van der Waals surface area (Å²) in [5.74, 6) is -0.363. The molecule has 0 saturated heterocycles. The summed E-state index contributed by atoms with van der Waals surface area (Å²) < 4.78 is 29.0. The lowest BCUT2D eigenvalue weighted by atomic mass is 9.90. The van der Waals surface area contributed by atoms with Crippen molar-refractivity contribution in [2.75, 3.05) is 11.9 Å². The van der Waals surface area contributed by atoms with Crippen molar-refractivity contribution in [2.24, 2.45) is 5.92 Å². The van der Waals surface area contributed by atoms with Crippen molar-refractivity contribution in [3.8, 4) is 11.8 Å². The van der Waals surface area contributed by atoms with Gasteiger partial charge in [0.15, 0.2) is 0 Å². The number of benzene rings is 1. The highest BCUT2D eigenvalue weighted by molar-refractivity contribution is 5.82. The largest absolute Gasteiger partial charge is 0.434 e. The third kappa shape index (κ3) is 5.09. The summed E-state index contributed by atoms with van der Waals surface area (Å²) in [5.41, 5.74) is 0.0306. The maximum atomic E-state index is 12.3. The summed E-state index contributed by atoms with van der Waals surface area (Å²) in [7, 11) is 0. The van der Waals surface area contributed by atoms with Crippen molar-refractivity contribution in [3.05, 3.63) is 23.8 Å². The highest BCUT2D eigenvalue weighted by Gasteiger charge is 2.29. The van der Waals surface area contributed by atoms with E-state index in [9.17, 15) is 18.8 Å². The molecule has 126 valence electrons. The van der Waals surface area contributed by atoms with Crippen LogP contribution in [0.5, 0.6) is 5.75 Å². The number of amides is 1. The molecule has 1 rings (SSSR count). The minimum atomic E-state index is -2.91. The van der Waals surface area contributed by atoms with Gasteiger partial charge >= 0.3 is 6.61 Å². The van der Waals surface area contributed by atoms with Gasteiger partial charge in [0.2, 0.25) is 5.91 Å². The monoisotopic (exact) mass is 325 g/mol. The Balaban J connectivity index is 2.72. The lowest BCUT2D eigenvalue weighted by molar-refractivity contribution is -0.121. The Labute approximate surface area is 134 Å². The van der Waals surface area contributed by atoms with Crippen LogP contribution in [-0.4, -0.2) is 24.6 Å². The second-order valence-corrected chi connectivity index (χ2v) is 5.68. The second-order valence-electron chi connectivity index (χ2n) is 5.68. The molecule has 0 heterocycles. The van der Waals surface area contributed by atoms with Gasteiger partial charge in [0.05, 0.1) is 12.6 Å². The van der Waals surface area contributed by atoms with Crippen LogP contribution in [0.4, 0.5) is 14.5 Å². The van der Waals surface area contributed by atoms with E-state index in [1.54, 1.807) is 26.0 Å². The number of nitrogens with one attached hydrogen (secondary N) is 2. The van der Waals surface area contributed by atoms with E-state index in [2.05, 4.69) is 21.4 Å². The Hall–Kier alpha value is -2.36. The fourth-order valence-electron chi connectivity index (χ4n) is 1.84. The molecule has 0 radical (unpaired) electrons. The summed E-state index contributed by atoms with van der Waals surface area (Å²) in [4.78, 5) is 12.0. The molecule has 0 aliphatic carbocycles. The Morgan fingerprint density at radius 1 is 1.43 bits per heavy atom. The smallest absolute Gasteiger partial charge is 0.387 e. The predicted molar refractivity (Wildman–Crippen MR) is 83.3 cm³/mol. The summed E-state index contributed by atoms with van der Waals surface area (Å²) in [6, 6.07) is 6.73. The first-order valence-corrected chi connectivity index (χ1v) is 7.20. The molecule has 0 spiro atoms. The Bertz CT molecular complexity index is 599. The van der Waals surface area contributed by atoms with Crippen LogP contribution in [0.1, 0.15) is 26.3 Å². The third-order valence-corrected chi connectivity index (χ3v) is 3.73. The van der Waals surface area contributed by atoms with Crippen molar-refractivity contribution < 1.29 is 18.3 Å². The molecule has 5 nitrogen and oxygen atoms in total. The number of rotatable bonds is 7. The quantitative estimate of drug-likeness (QED) is 0.808. The summed E-state index contributed by atoms with van der Waals surface area (Å²) in [6.07, 6.45) is 0. The number of nitrogens with zero attached hydrogens (tertiary/aromatic N) is 1. The summed E-state index contributed by atoms with van der Waals surface area (Å²) >= 11 is 0. The Morgan fingerprint density at radius 2 is 2.09 bits per heavy atom. The molecule has 1 atom stereocenters. The number of halogens is 2. The van der Waals surface area contributed by atoms with E-state index in [0.717, 1.165) is 0 Å². The molecule has 0 aliphatic rings. The van der Waals surface area contributed by atoms with Crippen molar-refractivity contribution in [2.45, 2.75) is 39.8 Å². The van der Waals surface area contributed by atoms with Gasteiger partial charge in [-0.3, -0.25) is 4.79 Å². The molecule has 1 amide bonds. The fourth-order valence-corrected chi connectivity index (χ4v) is 1.84. The van der Waals surface area contributed by atoms with Gasteiger partial charge in [-0.2, -0.15) is 14.0 Å². The van der Waals surface area contributed by atoms with E-state index in [0.29, 0.717) is 11.3 Å². The van der Waals surface area contributed by atoms with Gasteiger partial charge < -0.3 is 15.4 Å². The first-order valence-electron chi connectivity index (χ1n) is 7.20. The number of hydrogen-bond acceptors (Lipinski definition) is 4. The van der Waals surface area contributed by atoms with Crippen molar-refractivity contribution in [3.63, 3.8) is 0 Å². The molecule has 0 fully saturated rings. The van der Waals surface area contributed by atoms with Gasteiger partial charge in [-0.1, -0.05) is 19.9 Å². The van der Waals surface area contributed by atoms with E-state index in [1.165, 1.54) is 6.07 Å². The highest BCUT2D eigenvalue weighted by Crippen LogP contribution is 2.26. The molecule has 0 aromatic heterocycles. The van der Waals surface area contributed by atoms with E-state index in [1.807, 2.05) is 13.8 Å². The van der Waals surface area contributed by atoms with Crippen LogP contribution in [0, 0.1) is 24.2 Å². The van der Waals surface area contributed by atoms with Crippen LogP contribution in [-0.2, 0) is 4.79 Å². The zero-order valence-electron chi connectivity index (χ0n) is 13.6.